The average molecular weight is 312 g/mol. The normalized spacial score (nSPS) is 17.3. The van der Waals surface area contributed by atoms with Gasteiger partial charge in [0.1, 0.15) is 17.7 Å². The fraction of sp³-hybridized carbons (Fsp3) is 0.312. The van der Waals surface area contributed by atoms with E-state index in [0.717, 1.165) is 23.1 Å². The lowest BCUT2D eigenvalue weighted by molar-refractivity contribution is 0.0303. The molecule has 0 bridgehead atoms. The molecule has 3 heterocycles. The molecule has 4 rings (SSSR count). The molecular weight excluding hydrogens is 296 g/mol. The molecule has 1 aliphatic carbocycles. The predicted molar refractivity (Wildman–Crippen MR) is 86.8 cm³/mol. The Hall–Kier alpha value is -2.05. The van der Waals surface area contributed by atoms with Crippen molar-refractivity contribution >= 4 is 28.2 Å². The number of nitrogens with zero attached hydrogens (tertiary/aromatic N) is 3. The van der Waals surface area contributed by atoms with Crippen LogP contribution >= 0.6 is 11.3 Å². The number of anilines is 1. The average Bonchev–Trinajstić information content (AvgIpc) is 3.27. The fourth-order valence-corrected chi connectivity index (χ4v) is 3.68. The van der Waals surface area contributed by atoms with Crippen molar-refractivity contribution in [3.05, 3.63) is 47.0 Å². The minimum Gasteiger partial charge on any atom is -0.382 e. The van der Waals surface area contributed by atoms with E-state index in [0.29, 0.717) is 23.9 Å². The van der Waals surface area contributed by atoms with Crippen LogP contribution in [0.3, 0.4) is 0 Å². The van der Waals surface area contributed by atoms with E-state index in [1.54, 1.807) is 17.5 Å². The van der Waals surface area contributed by atoms with Gasteiger partial charge in [-0.3, -0.25) is 0 Å². The molecule has 0 amide bonds. The van der Waals surface area contributed by atoms with Crippen molar-refractivity contribution < 1.29 is 5.11 Å². The van der Waals surface area contributed by atoms with Crippen LogP contribution in [0.15, 0.2) is 42.2 Å². The summed E-state index contributed by atoms with van der Waals surface area (Å²) in [6.07, 6.45) is 5.36. The molecule has 1 atom stereocenters. The third-order valence-electron chi connectivity index (χ3n) is 4.13. The van der Waals surface area contributed by atoms with Gasteiger partial charge in [0.05, 0.1) is 11.9 Å². The first-order valence-electron chi connectivity index (χ1n) is 7.33. The second-order valence-corrected chi connectivity index (χ2v) is 6.57. The van der Waals surface area contributed by atoms with Gasteiger partial charge in [0.2, 0.25) is 0 Å². The van der Waals surface area contributed by atoms with Crippen molar-refractivity contribution in [2.24, 2.45) is 5.92 Å². The molecule has 1 unspecified atom stereocenters. The van der Waals surface area contributed by atoms with Crippen LogP contribution in [-0.2, 0) is 5.60 Å². The van der Waals surface area contributed by atoms with Crippen LogP contribution < -0.4 is 5.32 Å². The number of thiophene rings is 1. The van der Waals surface area contributed by atoms with Gasteiger partial charge in [-0.15, -0.1) is 11.3 Å². The van der Waals surface area contributed by atoms with Crippen LogP contribution in [0.2, 0.25) is 0 Å². The molecule has 0 radical (unpaired) electrons. The second-order valence-electron chi connectivity index (χ2n) is 5.63. The van der Waals surface area contributed by atoms with Crippen LogP contribution in [-0.4, -0.2) is 26.6 Å². The van der Waals surface area contributed by atoms with E-state index >= 15 is 0 Å². The van der Waals surface area contributed by atoms with Crippen molar-refractivity contribution in [3.8, 4) is 0 Å². The van der Waals surface area contributed by atoms with Gasteiger partial charge in [0, 0.05) is 11.1 Å². The summed E-state index contributed by atoms with van der Waals surface area (Å²) >= 11 is 1.60. The second kappa shape index (κ2) is 5.30. The highest BCUT2D eigenvalue weighted by Gasteiger charge is 2.45. The Morgan fingerprint density at radius 2 is 2.14 bits per heavy atom. The summed E-state index contributed by atoms with van der Waals surface area (Å²) in [5, 5.41) is 17.3. The molecule has 5 nitrogen and oxygen atoms in total. The predicted octanol–water partition coefficient (Wildman–Crippen LogP) is 2.80. The molecule has 2 N–H and O–H groups in total. The van der Waals surface area contributed by atoms with Crippen LogP contribution in [0.1, 0.15) is 17.7 Å². The Balaban J connectivity index is 1.63. The molecule has 1 saturated carbocycles. The summed E-state index contributed by atoms with van der Waals surface area (Å²) in [4.78, 5) is 13.7. The van der Waals surface area contributed by atoms with E-state index < -0.39 is 5.60 Å². The number of pyridine rings is 1. The molecule has 0 aromatic carbocycles. The Labute approximate surface area is 132 Å². The van der Waals surface area contributed by atoms with Gasteiger partial charge in [-0.1, -0.05) is 6.07 Å². The monoisotopic (exact) mass is 312 g/mol. The molecule has 1 aliphatic rings. The third kappa shape index (κ3) is 2.34. The first-order valence-corrected chi connectivity index (χ1v) is 8.21. The topological polar surface area (TPSA) is 70.9 Å². The van der Waals surface area contributed by atoms with Crippen molar-refractivity contribution in [2.75, 3.05) is 11.9 Å². The molecule has 3 aromatic rings. The number of fused-ring (bicyclic) bond motifs is 1. The Morgan fingerprint density at radius 1 is 1.23 bits per heavy atom. The van der Waals surface area contributed by atoms with Crippen molar-refractivity contribution in [1.29, 1.82) is 0 Å². The number of rotatable bonds is 5. The fourth-order valence-electron chi connectivity index (χ4n) is 2.77. The van der Waals surface area contributed by atoms with Gasteiger partial charge in [0.25, 0.3) is 0 Å². The van der Waals surface area contributed by atoms with Crippen LogP contribution in [0.4, 0.5) is 5.82 Å². The molecule has 112 valence electrons. The molecule has 6 heteroatoms. The van der Waals surface area contributed by atoms with Gasteiger partial charge >= 0.3 is 0 Å². The SMILES string of the molecule is OC(CNc1ncnc2ncccc12)(c1cccs1)C1CC1. The first kappa shape index (κ1) is 13.6. The van der Waals surface area contributed by atoms with Crippen LogP contribution in [0, 0.1) is 5.92 Å². The quantitative estimate of drug-likeness (QED) is 0.758. The summed E-state index contributed by atoms with van der Waals surface area (Å²) in [7, 11) is 0. The van der Waals surface area contributed by atoms with Crippen LogP contribution in [0.5, 0.6) is 0 Å². The smallest absolute Gasteiger partial charge is 0.164 e. The number of hydrogen-bond acceptors (Lipinski definition) is 6. The lowest BCUT2D eigenvalue weighted by atomic mass is 9.95. The number of nitrogens with one attached hydrogen (secondary N) is 1. The maximum atomic E-state index is 11.1. The minimum atomic E-state index is -0.826. The summed E-state index contributed by atoms with van der Waals surface area (Å²) in [6, 6.07) is 7.79. The van der Waals surface area contributed by atoms with E-state index in [-0.39, 0.29) is 0 Å². The zero-order chi connectivity index (χ0) is 15.0. The lowest BCUT2D eigenvalue weighted by Gasteiger charge is -2.27. The molecular formula is C16H16N4OS. The zero-order valence-corrected chi connectivity index (χ0v) is 12.8. The summed E-state index contributed by atoms with van der Waals surface area (Å²) in [6.45, 7) is 0.444. The van der Waals surface area contributed by atoms with Gasteiger partial charge in [-0.05, 0) is 42.3 Å². The summed E-state index contributed by atoms with van der Waals surface area (Å²) < 4.78 is 0. The Kier molecular flexibility index (Phi) is 3.28. The zero-order valence-electron chi connectivity index (χ0n) is 11.9. The van der Waals surface area contributed by atoms with Gasteiger partial charge < -0.3 is 10.4 Å². The summed E-state index contributed by atoms with van der Waals surface area (Å²) in [5.74, 6) is 1.04. The largest absolute Gasteiger partial charge is 0.382 e. The summed E-state index contributed by atoms with van der Waals surface area (Å²) in [5.41, 5.74) is -0.167. The highest BCUT2D eigenvalue weighted by Crippen LogP contribution is 2.47. The van der Waals surface area contributed by atoms with Crippen molar-refractivity contribution in [3.63, 3.8) is 0 Å². The number of hydrogen-bond donors (Lipinski definition) is 2. The van der Waals surface area contributed by atoms with Gasteiger partial charge in [-0.2, -0.15) is 0 Å². The van der Waals surface area contributed by atoms with Crippen molar-refractivity contribution in [1.82, 2.24) is 15.0 Å². The molecule has 0 aliphatic heterocycles. The molecule has 3 aromatic heterocycles. The van der Waals surface area contributed by atoms with Gasteiger partial charge in [-0.25, -0.2) is 15.0 Å². The molecule has 22 heavy (non-hydrogen) atoms. The van der Waals surface area contributed by atoms with Crippen LogP contribution in [0.25, 0.3) is 11.0 Å². The van der Waals surface area contributed by atoms with Gasteiger partial charge in [0.15, 0.2) is 5.65 Å². The number of aliphatic hydroxyl groups is 1. The standard InChI is InChI=1S/C16H16N4OS/c21-16(11-5-6-11,13-4-2-8-22-13)9-18-15-12-3-1-7-17-14(12)19-10-20-15/h1-4,7-8,10-11,21H,5-6,9H2,(H,17,18,19,20). The van der Waals surface area contributed by atoms with E-state index in [1.165, 1.54) is 6.33 Å². The maximum absolute atomic E-state index is 11.1. The Bertz CT molecular complexity index is 782. The van der Waals surface area contributed by atoms with Crippen molar-refractivity contribution in [2.45, 2.75) is 18.4 Å². The van der Waals surface area contributed by atoms with E-state index in [4.69, 9.17) is 0 Å². The Morgan fingerprint density at radius 3 is 2.91 bits per heavy atom. The van der Waals surface area contributed by atoms with E-state index in [1.807, 2.05) is 29.6 Å². The molecule has 1 fully saturated rings. The lowest BCUT2D eigenvalue weighted by Crippen LogP contribution is -2.36. The first-order chi connectivity index (χ1) is 10.8. The molecule has 0 saturated heterocycles. The highest BCUT2D eigenvalue weighted by atomic mass is 32.1. The highest BCUT2D eigenvalue weighted by molar-refractivity contribution is 7.10. The third-order valence-corrected chi connectivity index (χ3v) is 5.17. The minimum absolute atomic E-state index is 0.324. The van der Waals surface area contributed by atoms with E-state index in [2.05, 4.69) is 20.3 Å². The molecule has 0 spiro atoms. The maximum Gasteiger partial charge on any atom is 0.164 e. The van der Waals surface area contributed by atoms with E-state index in [9.17, 15) is 5.11 Å². The number of aromatic nitrogens is 3.